The summed E-state index contributed by atoms with van der Waals surface area (Å²) in [6, 6.07) is 0. The summed E-state index contributed by atoms with van der Waals surface area (Å²) in [4.78, 5) is 0. The molecule has 2 heteroatoms. The lowest BCUT2D eigenvalue weighted by Crippen LogP contribution is -1.88. The molecule has 0 saturated heterocycles. The van der Waals surface area contributed by atoms with E-state index in [1.54, 1.807) is 0 Å². The van der Waals surface area contributed by atoms with Crippen LogP contribution in [0, 0.1) is 12.2 Å². The van der Waals surface area contributed by atoms with Crippen LogP contribution in [0.25, 0.3) is 0 Å². The summed E-state index contributed by atoms with van der Waals surface area (Å²) in [6.07, 6.45) is 4.55. The topological polar surface area (TPSA) is 0 Å². The minimum atomic E-state index is -1.09. The molecule has 0 saturated carbocycles. The summed E-state index contributed by atoms with van der Waals surface area (Å²) >= 11 is 0. The Labute approximate surface area is 31.5 Å². The van der Waals surface area contributed by atoms with Crippen LogP contribution in [0.5, 0.6) is 0 Å². The largest absolute Gasteiger partial charge is 0.426 e. The normalized spacial score (nSPS) is 5.80. The molecule has 0 aliphatic heterocycles. The summed E-state index contributed by atoms with van der Waals surface area (Å²) in [5.41, 5.74) is 0. The third kappa shape index (κ3) is 3.55. The van der Waals surface area contributed by atoms with E-state index in [-0.39, 0.29) is 0 Å². The Morgan fingerprint density at radius 2 is 2.20 bits per heavy atom. The molecule has 0 bridgehead atoms. The van der Waals surface area contributed by atoms with Gasteiger partial charge in [0, 0.05) is 0 Å². The van der Waals surface area contributed by atoms with Crippen molar-refractivity contribution in [3.63, 3.8) is 0 Å². The number of halogens is 1. The van der Waals surface area contributed by atoms with Gasteiger partial charge in [0.2, 0.25) is 0 Å². The zero-order valence-corrected chi connectivity index (χ0v) is 3.03. The molecule has 0 spiro atoms. The van der Waals surface area contributed by atoms with E-state index >= 15 is 0 Å². The molecule has 0 N–H and O–H groups in total. The fourth-order valence-corrected chi connectivity index (χ4v) is 0. The molecule has 0 unspecified atom stereocenters. The maximum absolute atomic E-state index is 11.2. The first kappa shape index (κ1) is 4.55. The van der Waals surface area contributed by atoms with E-state index < -0.39 is 6.99 Å². The molecule has 0 aliphatic carbocycles. The molecule has 0 rings (SSSR count). The molecule has 0 aromatic carbocycles. The third-order valence-electron chi connectivity index (χ3n) is 0.230. The van der Waals surface area contributed by atoms with Crippen LogP contribution in [0.4, 0.5) is 4.32 Å². The first-order valence-corrected chi connectivity index (χ1v) is 1.37. The van der Waals surface area contributed by atoms with Crippen LogP contribution >= 0.6 is 0 Å². The number of hydrogen-bond acceptors (Lipinski definition) is 0. The number of hydrogen-bond donors (Lipinski definition) is 0. The molecule has 0 heterocycles. The quantitative estimate of drug-likeness (QED) is 0.291. The average molecular weight is 69.9 g/mol. The molecule has 5 heavy (non-hydrogen) atoms. The van der Waals surface area contributed by atoms with Crippen LogP contribution in [0.15, 0.2) is 0 Å². The molecule has 0 fully saturated rings. The number of terminal acetylenes is 1. The van der Waals surface area contributed by atoms with Gasteiger partial charge in [-0.05, 0) is 6.82 Å². The second-order valence-electron chi connectivity index (χ2n) is 0.783. The summed E-state index contributed by atoms with van der Waals surface area (Å²) < 4.78 is 11.2. The second-order valence-corrected chi connectivity index (χ2v) is 0.783. The van der Waals surface area contributed by atoms with Crippen LogP contribution in [-0.2, 0) is 0 Å². The predicted molar refractivity (Wildman–Crippen MR) is 21.6 cm³/mol. The highest BCUT2D eigenvalue weighted by atomic mass is 19.1. The van der Waals surface area contributed by atoms with Gasteiger partial charge in [-0.2, -0.15) is 0 Å². The Morgan fingerprint density at radius 3 is 2.20 bits per heavy atom. The fraction of sp³-hybridized carbons (Fsp3) is 0.333. The van der Waals surface area contributed by atoms with Gasteiger partial charge in [0.1, 0.15) is 0 Å². The van der Waals surface area contributed by atoms with Crippen molar-refractivity contribution in [3.8, 4) is 12.2 Å². The van der Waals surface area contributed by atoms with Crippen LogP contribution < -0.4 is 0 Å². The standard InChI is InChI=1S/C3H4BF/c1-3-4(2)5/h1H,2H3. The van der Waals surface area contributed by atoms with Crippen molar-refractivity contribution in [2.24, 2.45) is 0 Å². The summed E-state index contributed by atoms with van der Waals surface area (Å²) in [5, 5.41) is 0. The third-order valence-corrected chi connectivity index (χ3v) is 0.230. The van der Waals surface area contributed by atoms with E-state index in [0.717, 1.165) is 0 Å². The Hall–Kier alpha value is -0.445. The highest BCUT2D eigenvalue weighted by Crippen LogP contribution is 1.72. The van der Waals surface area contributed by atoms with Gasteiger partial charge in [0.05, 0.1) is 0 Å². The summed E-state index contributed by atoms with van der Waals surface area (Å²) in [5.74, 6) is 1.86. The Kier molecular flexibility index (Phi) is 1.67. The van der Waals surface area contributed by atoms with E-state index in [4.69, 9.17) is 0 Å². The van der Waals surface area contributed by atoms with Gasteiger partial charge in [-0.3, -0.25) is 0 Å². The molecule has 0 aromatic rings. The Balaban J connectivity index is 2.94. The Morgan fingerprint density at radius 1 is 2.00 bits per heavy atom. The number of rotatable bonds is 0. The highest BCUT2D eigenvalue weighted by molar-refractivity contribution is 6.58. The zero-order valence-electron chi connectivity index (χ0n) is 3.03. The van der Waals surface area contributed by atoms with Crippen molar-refractivity contribution in [1.29, 1.82) is 0 Å². The smallest absolute Gasteiger partial charge is 0.317 e. The first-order valence-electron chi connectivity index (χ1n) is 1.37. The molecule has 0 radical (unpaired) electrons. The fourth-order valence-electron chi connectivity index (χ4n) is 0. The molecule has 0 amide bonds. The molecule has 0 nitrogen and oxygen atoms in total. The molecular weight excluding hydrogens is 65.8 g/mol. The van der Waals surface area contributed by atoms with E-state index in [1.807, 2.05) is 5.82 Å². The van der Waals surface area contributed by atoms with Gasteiger partial charge in [0.25, 0.3) is 0 Å². The lowest BCUT2D eigenvalue weighted by atomic mass is 9.78. The van der Waals surface area contributed by atoms with E-state index in [1.165, 1.54) is 6.82 Å². The van der Waals surface area contributed by atoms with Gasteiger partial charge in [-0.1, -0.05) is 0 Å². The van der Waals surface area contributed by atoms with Crippen LogP contribution in [0.3, 0.4) is 0 Å². The molecule has 0 aromatic heterocycles. The van der Waals surface area contributed by atoms with Crippen molar-refractivity contribution in [3.05, 3.63) is 0 Å². The Bertz CT molecular complexity index is 52.4. The minimum Gasteiger partial charge on any atom is -0.317 e. The van der Waals surface area contributed by atoms with Crippen molar-refractivity contribution in [2.45, 2.75) is 6.82 Å². The van der Waals surface area contributed by atoms with Crippen molar-refractivity contribution in [1.82, 2.24) is 0 Å². The van der Waals surface area contributed by atoms with E-state index in [2.05, 4.69) is 6.42 Å². The average Bonchev–Trinajstić information content (AvgIpc) is 1.38. The molecule has 0 aliphatic rings. The maximum atomic E-state index is 11.2. The van der Waals surface area contributed by atoms with E-state index in [0.29, 0.717) is 0 Å². The minimum absolute atomic E-state index is 1.09. The van der Waals surface area contributed by atoms with Crippen molar-refractivity contribution in [2.75, 3.05) is 0 Å². The summed E-state index contributed by atoms with van der Waals surface area (Å²) in [7, 11) is 0. The summed E-state index contributed by atoms with van der Waals surface area (Å²) in [6.45, 7) is 0.231. The van der Waals surface area contributed by atoms with Gasteiger partial charge >= 0.3 is 6.99 Å². The lowest BCUT2D eigenvalue weighted by Gasteiger charge is -1.67. The first-order chi connectivity index (χ1) is 2.27. The van der Waals surface area contributed by atoms with Gasteiger partial charge in [0.15, 0.2) is 0 Å². The van der Waals surface area contributed by atoms with Crippen molar-refractivity contribution >= 4 is 6.99 Å². The monoisotopic (exact) mass is 70.0 g/mol. The highest BCUT2D eigenvalue weighted by Gasteiger charge is 1.92. The van der Waals surface area contributed by atoms with E-state index in [9.17, 15) is 4.32 Å². The SMILES string of the molecule is C#CB(C)F. The van der Waals surface area contributed by atoms with Crippen LogP contribution in [0.1, 0.15) is 0 Å². The zero-order chi connectivity index (χ0) is 4.28. The van der Waals surface area contributed by atoms with Gasteiger partial charge in [-0.15, -0.1) is 12.2 Å². The lowest BCUT2D eigenvalue weighted by molar-refractivity contribution is 0.859. The van der Waals surface area contributed by atoms with Crippen LogP contribution in [-0.4, -0.2) is 6.99 Å². The molecular formula is C3H4BF. The van der Waals surface area contributed by atoms with Crippen LogP contribution in [0.2, 0.25) is 6.82 Å². The van der Waals surface area contributed by atoms with Crippen molar-refractivity contribution < 1.29 is 4.32 Å². The van der Waals surface area contributed by atoms with Gasteiger partial charge < -0.3 is 4.32 Å². The maximum Gasteiger partial charge on any atom is 0.426 e. The predicted octanol–water partition coefficient (Wildman–Crippen LogP) is 0.750. The van der Waals surface area contributed by atoms with Gasteiger partial charge in [-0.25, -0.2) is 0 Å². The second kappa shape index (κ2) is 1.84. The molecule has 0 atom stereocenters. The molecule has 26 valence electrons.